The predicted octanol–water partition coefficient (Wildman–Crippen LogP) is 7.43. The second-order valence-electron chi connectivity index (χ2n) is 12.4. The first-order chi connectivity index (χ1) is 22.4. The molecule has 0 aliphatic carbocycles. The number of rotatable bonds is 4. The highest BCUT2D eigenvalue weighted by atomic mass is 35.5. The van der Waals surface area contributed by atoms with E-state index >= 15 is 4.79 Å². The molecule has 5 aromatic rings. The molecule has 5 heterocycles. The highest BCUT2D eigenvalue weighted by Gasteiger charge is 2.69. The van der Waals surface area contributed by atoms with E-state index in [9.17, 15) is 4.79 Å². The number of amides is 1. The van der Waals surface area contributed by atoms with E-state index in [2.05, 4.69) is 27.2 Å². The molecular weight excluding hydrogens is 619 g/mol. The molecule has 0 bridgehead atoms. The molecule has 1 amide bonds. The molecule has 1 aromatic heterocycles. The van der Waals surface area contributed by atoms with Crippen molar-refractivity contribution in [1.82, 2.24) is 15.4 Å². The van der Waals surface area contributed by atoms with Crippen molar-refractivity contribution >= 4 is 68.7 Å². The number of hydrogen-bond donors (Lipinski definition) is 3. The van der Waals surface area contributed by atoms with Crippen molar-refractivity contribution in [3.8, 4) is 0 Å². The molecule has 4 unspecified atom stereocenters. The maximum absolute atomic E-state index is 15.1. The topological polar surface area (TPSA) is 89.6 Å². The van der Waals surface area contributed by atoms with Crippen molar-refractivity contribution in [3.05, 3.63) is 124 Å². The average molecular weight is 648 g/mol. The van der Waals surface area contributed by atoms with Crippen LogP contribution < -0.4 is 21.3 Å². The van der Waals surface area contributed by atoms with Gasteiger partial charge in [-0.05, 0) is 86.1 Å². The number of benzene rings is 4. The molecule has 46 heavy (non-hydrogen) atoms. The van der Waals surface area contributed by atoms with E-state index in [-0.39, 0.29) is 23.7 Å². The second kappa shape index (κ2) is 10.3. The average Bonchev–Trinajstić information content (AvgIpc) is 3.84. The van der Waals surface area contributed by atoms with Crippen LogP contribution in [0.25, 0.3) is 10.9 Å². The number of halogens is 2. The van der Waals surface area contributed by atoms with E-state index in [1.54, 1.807) is 30.3 Å². The van der Waals surface area contributed by atoms with Gasteiger partial charge in [0.2, 0.25) is 5.91 Å². The van der Waals surface area contributed by atoms with E-state index in [1.807, 2.05) is 65.7 Å². The number of anilines is 4. The van der Waals surface area contributed by atoms with Crippen molar-refractivity contribution < 1.29 is 9.59 Å². The molecule has 0 radical (unpaired) electrons. The van der Waals surface area contributed by atoms with Gasteiger partial charge in [-0.2, -0.15) is 0 Å². The molecular formula is C36H28Cl2N6O2. The van der Waals surface area contributed by atoms with Crippen molar-refractivity contribution in [2.45, 2.75) is 30.3 Å². The van der Waals surface area contributed by atoms with Crippen LogP contribution in [0.4, 0.5) is 22.9 Å². The molecule has 0 saturated carbocycles. The summed E-state index contributed by atoms with van der Waals surface area (Å²) in [7, 11) is 0. The summed E-state index contributed by atoms with van der Waals surface area (Å²) in [5.74, 6) is -0.808. The summed E-state index contributed by atoms with van der Waals surface area (Å²) in [5.41, 5.74) is 10.8. The number of nitrogens with one attached hydrogen (secondary N) is 3. The highest BCUT2D eigenvalue weighted by molar-refractivity contribution is 6.31. The molecule has 228 valence electrons. The third-order valence-corrected chi connectivity index (χ3v) is 10.6. The number of aromatic nitrogens is 1. The van der Waals surface area contributed by atoms with Crippen LogP contribution in [-0.2, 0) is 10.3 Å². The summed E-state index contributed by atoms with van der Waals surface area (Å²) in [6.45, 7) is 0.674. The fourth-order valence-corrected chi connectivity index (χ4v) is 8.63. The number of fused-ring (bicyclic) bond motifs is 6. The summed E-state index contributed by atoms with van der Waals surface area (Å²) in [6, 6.07) is 30.5. The molecule has 4 aliphatic heterocycles. The molecule has 2 fully saturated rings. The molecule has 10 heteroatoms. The Morgan fingerprint density at radius 3 is 2.54 bits per heavy atom. The smallest absolute Gasteiger partial charge is 0.250 e. The summed E-state index contributed by atoms with van der Waals surface area (Å²) < 4.78 is 0. The number of para-hydroxylation sites is 3. The number of carbonyl (C=O) groups is 2. The third-order valence-electron chi connectivity index (χ3n) is 10.1. The molecule has 2 saturated heterocycles. The van der Waals surface area contributed by atoms with Crippen LogP contribution in [0, 0.1) is 5.92 Å². The predicted molar refractivity (Wildman–Crippen MR) is 181 cm³/mol. The van der Waals surface area contributed by atoms with Crippen LogP contribution in [0.3, 0.4) is 0 Å². The van der Waals surface area contributed by atoms with Crippen molar-refractivity contribution in [2.24, 2.45) is 5.92 Å². The summed E-state index contributed by atoms with van der Waals surface area (Å²) in [6.07, 6.45) is 1.73. The number of nitrogens with zero attached hydrogens (tertiary/aromatic N) is 3. The Balaban J connectivity index is 1.33. The van der Waals surface area contributed by atoms with Gasteiger partial charge in [0.1, 0.15) is 5.54 Å². The van der Waals surface area contributed by atoms with Gasteiger partial charge in [0.15, 0.2) is 11.6 Å². The van der Waals surface area contributed by atoms with Crippen LogP contribution in [0.2, 0.25) is 10.0 Å². The lowest BCUT2D eigenvalue weighted by molar-refractivity contribution is -0.127. The van der Waals surface area contributed by atoms with Gasteiger partial charge in [0.25, 0.3) is 0 Å². The monoisotopic (exact) mass is 646 g/mol. The molecule has 3 N–H and O–H groups in total. The van der Waals surface area contributed by atoms with E-state index in [1.165, 1.54) is 0 Å². The SMILES string of the molecule is O=C(c1ccc(Cl)cc1)C1C(c2cc3ccccc3nc2N2NNc3ccccc32)C2CCCN2C12C(=O)Nc1ccc(Cl)cc12. The van der Waals surface area contributed by atoms with Gasteiger partial charge in [0, 0.05) is 49.8 Å². The number of ketones is 1. The van der Waals surface area contributed by atoms with Gasteiger partial charge in [-0.15, -0.1) is 5.53 Å². The van der Waals surface area contributed by atoms with E-state index in [4.69, 9.17) is 28.2 Å². The van der Waals surface area contributed by atoms with Gasteiger partial charge < -0.3 is 10.7 Å². The Labute approximate surface area is 275 Å². The lowest BCUT2D eigenvalue weighted by atomic mass is 9.68. The Hall–Kier alpha value is -4.47. The van der Waals surface area contributed by atoms with E-state index in [0.717, 1.165) is 46.2 Å². The Kier molecular flexibility index (Phi) is 6.21. The van der Waals surface area contributed by atoms with Crippen molar-refractivity contribution in [1.29, 1.82) is 0 Å². The van der Waals surface area contributed by atoms with Crippen LogP contribution in [0.5, 0.6) is 0 Å². The summed E-state index contributed by atoms with van der Waals surface area (Å²) in [4.78, 5) is 37.2. The fraction of sp³-hybridized carbons (Fsp3) is 0.194. The molecule has 8 nitrogen and oxygen atoms in total. The number of pyridine rings is 1. The first kappa shape index (κ1) is 27.8. The zero-order chi connectivity index (χ0) is 31.2. The molecule has 1 spiro atoms. The Bertz CT molecular complexity index is 2090. The van der Waals surface area contributed by atoms with Crippen LogP contribution in [0.1, 0.15) is 40.2 Å². The quantitative estimate of drug-likeness (QED) is 0.175. The van der Waals surface area contributed by atoms with Crippen LogP contribution in [-0.4, -0.2) is 34.2 Å². The highest BCUT2D eigenvalue weighted by Crippen LogP contribution is 2.62. The Morgan fingerprint density at radius 2 is 1.67 bits per heavy atom. The lowest BCUT2D eigenvalue weighted by Gasteiger charge is -2.37. The number of hydrogen-bond acceptors (Lipinski definition) is 7. The summed E-state index contributed by atoms with van der Waals surface area (Å²) >= 11 is 12.9. The minimum atomic E-state index is -1.26. The second-order valence-corrected chi connectivity index (χ2v) is 13.2. The van der Waals surface area contributed by atoms with Gasteiger partial charge in [-0.1, -0.05) is 53.5 Å². The van der Waals surface area contributed by atoms with E-state index < -0.39 is 11.5 Å². The zero-order valence-electron chi connectivity index (χ0n) is 24.5. The number of Topliss-reactive ketones (excluding diaryl/α,β-unsaturated/α-hetero) is 1. The maximum Gasteiger partial charge on any atom is 0.250 e. The number of carbonyl (C=O) groups excluding carboxylic acids is 2. The number of hydrazine groups is 2. The van der Waals surface area contributed by atoms with Gasteiger partial charge >= 0.3 is 0 Å². The third kappa shape index (κ3) is 3.85. The minimum Gasteiger partial charge on any atom is -0.324 e. The normalized spacial score (nSPS) is 24.6. The van der Waals surface area contributed by atoms with Gasteiger partial charge in [-0.3, -0.25) is 14.5 Å². The fourth-order valence-electron chi connectivity index (χ4n) is 8.34. The van der Waals surface area contributed by atoms with Gasteiger partial charge in [-0.25, -0.2) is 9.99 Å². The first-order valence-corrected chi connectivity index (χ1v) is 16.2. The first-order valence-electron chi connectivity index (χ1n) is 15.4. The largest absolute Gasteiger partial charge is 0.324 e. The van der Waals surface area contributed by atoms with E-state index in [0.29, 0.717) is 33.7 Å². The Morgan fingerprint density at radius 1 is 0.891 bits per heavy atom. The molecule has 4 atom stereocenters. The van der Waals surface area contributed by atoms with Crippen LogP contribution in [0.15, 0.2) is 97.1 Å². The lowest BCUT2D eigenvalue weighted by Crippen LogP contribution is -2.52. The zero-order valence-corrected chi connectivity index (χ0v) is 26.0. The maximum atomic E-state index is 15.1. The van der Waals surface area contributed by atoms with Crippen LogP contribution >= 0.6 is 23.2 Å². The summed E-state index contributed by atoms with van der Waals surface area (Å²) in [5, 5.41) is 7.11. The van der Waals surface area contributed by atoms with Crippen molar-refractivity contribution in [2.75, 3.05) is 22.3 Å². The molecule has 4 aliphatic rings. The minimum absolute atomic E-state index is 0.107. The van der Waals surface area contributed by atoms with Crippen molar-refractivity contribution in [3.63, 3.8) is 0 Å². The standard InChI is InChI=1S/C36H28Cl2N6O2/c37-22-13-11-20(12-14-22)33(45)32-31(30-10-5-17-43(30)36(32)25-19-23(38)15-16-27(25)40-35(36)46)24-18-21-6-1-2-7-26(21)39-34(24)44-29-9-4-3-8-28(29)41-42-44/h1-4,6-9,11-16,18-19,30-32,41-42H,5,10,17H2,(H,40,46). The molecule has 9 rings (SSSR count). The molecule has 4 aromatic carbocycles. The van der Waals surface area contributed by atoms with Gasteiger partial charge in [0.05, 0.1) is 22.8 Å².